The lowest BCUT2D eigenvalue weighted by atomic mass is 9.93. The van der Waals surface area contributed by atoms with Crippen LogP contribution in [0.5, 0.6) is 0 Å². The van der Waals surface area contributed by atoms with Crippen molar-refractivity contribution in [2.75, 3.05) is 5.32 Å². The van der Waals surface area contributed by atoms with Gasteiger partial charge >= 0.3 is 0 Å². The molecule has 0 aromatic carbocycles. The fourth-order valence-electron chi connectivity index (χ4n) is 2.79. The summed E-state index contributed by atoms with van der Waals surface area (Å²) in [6.45, 7) is 3.93. The average Bonchev–Trinajstić information content (AvgIpc) is 2.76. The Kier molecular flexibility index (Phi) is 3.01. The van der Waals surface area contributed by atoms with Crippen LogP contribution in [-0.4, -0.2) is 21.0 Å². The van der Waals surface area contributed by atoms with Crippen LogP contribution in [0, 0.1) is 13.8 Å². The van der Waals surface area contributed by atoms with Crippen LogP contribution in [0.25, 0.3) is 20.3 Å². The quantitative estimate of drug-likeness (QED) is 0.757. The number of pyridine rings is 1. The van der Waals surface area contributed by atoms with Crippen LogP contribution in [0.15, 0.2) is 6.20 Å². The number of hydrogen-bond acceptors (Lipinski definition) is 5. The predicted molar refractivity (Wildman–Crippen MR) is 88.5 cm³/mol. The van der Waals surface area contributed by atoms with E-state index < -0.39 is 0 Å². The van der Waals surface area contributed by atoms with Crippen molar-refractivity contribution in [2.45, 2.75) is 39.2 Å². The maximum atomic E-state index is 6.41. The van der Waals surface area contributed by atoms with E-state index in [1.807, 2.05) is 13.8 Å². The first-order valence-electron chi connectivity index (χ1n) is 7.12. The van der Waals surface area contributed by atoms with Gasteiger partial charge in [0.05, 0.1) is 15.4 Å². The molecule has 0 bridgehead atoms. The number of hydrogen-bond donors (Lipinski definition) is 1. The van der Waals surface area contributed by atoms with E-state index in [1.54, 1.807) is 17.5 Å². The van der Waals surface area contributed by atoms with Crippen LogP contribution in [0.2, 0.25) is 5.02 Å². The minimum Gasteiger partial charge on any atom is -0.366 e. The molecule has 1 aliphatic rings. The first kappa shape index (κ1) is 13.2. The Hall–Kier alpha value is -1.46. The van der Waals surface area contributed by atoms with Gasteiger partial charge in [-0.25, -0.2) is 15.0 Å². The summed E-state index contributed by atoms with van der Waals surface area (Å²) in [4.78, 5) is 14.5. The third-order valence-electron chi connectivity index (χ3n) is 4.05. The van der Waals surface area contributed by atoms with Crippen LogP contribution in [0.4, 0.5) is 5.82 Å². The molecule has 0 radical (unpaired) electrons. The molecule has 4 nitrogen and oxygen atoms in total. The van der Waals surface area contributed by atoms with E-state index in [1.165, 1.54) is 19.3 Å². The maximum absolute atomic E-state index is 6.41. The summed E-state index contributed by atoms with van der Waals surface area (Å²) in [6.07, 6.45) is 5.46. The summed E-state index contributed by atoms with van der Waals surface area (Å²) in [5.41, 5.74) is 0.978. The standard InChI is InChI=1S/C15H15ClN4S/c1-7-11-12-10(16)6-17-14(20-9-4-3-5-9)13(12)21-15(11)19-8(2)18-7/h6,9H,3-5H2,1-2H3,(H,17,20). The molecule has 0 atom stereocenters. The van der Waals surface area contributed by atoms with Crippen molar-refractivity contribution >= 4 is 49.1 Å². The van der Waals surface area contributed by atoms with Crippen LogP contribution >= 0.6 is 22.9 Å². The lowest BCUT2D eigenvalue weighted by Gasteiger charge is -2.27. The normalized spacial score (nSPS) is 15.6. The molecule has 0 spiro atoms. The van der Waals surface area contributed by atoms with Gasteiger partial charge in [0.15, 0.2) is 0 Å². The van der Waals surface area contributed by atoms with Gasteiger partial charge in [0.25, 0.3) is 0 Å². The second kappa shape index (κ2) is 4.78. The Balaban J connectivity index is 2.01. The van der Waals surface area contributed by atoms with E-state index >= 15 is 0 Å². The van der Waals surface area contributed by atoms with E-state index in [0.717, 1.165) is 37.6 Å². The van der Waals surface area contributed by atoms with E-state index in [9.17, 15) is 0 Å². The van der Waals surface area contributed by atoms with Crippen molar-refractivity contribution < 1.29 is 0 Å². The zero-order chi connectivity index (χ0) is 14.6. The third-order valence-corrected chi connectivity index (χ3v) is 5.43. The number of thiophene rings is 1. The highest BCUT2D eigenvalue weighted by atomic mass is 35.5. The third kappa shape index (κ3) is 2.07. The Labute approximate surface area is 131 Å². The lowest BCUT2D eigenvalue weighted by Crippen LogP contribution is -2.27. The number of fused-ring (bicyclic) bond motifs is 3. The van der Waals surface area contributed by atoms with Crippen molar-refractivity contribution in [1.29, 1.82) is 0 Å². The van der Waals surface area contributed by atoms with Gasteiger partial charge in [-0.2, -0.15) is 0 Å². The van der Waals surface area contributed by atoms with Crippen molar-refractivity contribution in [1.82, 2.24) is 15.0 Å². The molecular weight excluding hydrogens is 304 g/mol. The monoisotopic (exact) mass is 318 g/mol. The first-order chi connectivity index (χ1) is 10.1. The summed E-state index contributed by atoms with van der Waals surface area (Å²) >= 11 is 8.05. The molecule has 3 aromatic rings. The SMILES string of the molecule is Cc1nc(C)c2c(n1)sc1c(NC3CCC3)ncc(Cl)c12. The largest absolute Gasteiger partial charge is 0.366 e. The van der Waals surface area contributed by atoms with Crippen LogP contribution in [0.1, 0.15) is 30.8 Å². The van der Waals surface area contributed by atoms with Crippen molar-refractivity contribution in [3.8, 4) is 0 Å². The minimum absolute atomic E-state index is 0.543. The molecule has 0 aliphatic heterocycles. The second-order valence-electron chi connectivity index (χ2n) is 5.57. The van der Waals surface area contributed by atoms with Gasteiger partial charge in [0.2, 0.25) is 0 Å². The second-order valence-corrected chi connectivity index (χ2v) is 6.98. The molecule has 108 valence electrons. The summed E-state index contributed by atoms with van der Waals surface area (Å²) in [6, 6.07) is 0.543. The van der Waals surface area contributed by atoms with Crippen LogP contribution < -0.4 is 5.32 Å². The van der Waals surface area contributed by atoms with Gasteiger partial charge in [0, 0.05) is 23.0 Å². The summed E-state index contributed by atoms with van der Waals surface area (Å²) < 4.78 is 1.09. The lowest BCUT2D eigenvalue weighted by molar-refractivity contribution is 0.445. The Morgan fingerprint density at radius 2 is 2.05 bits per heavy atom. The van der Waals surface area contributed by atoms with E-state index in [0.29, 0.717) is 11.1 Å². The number of halogens is 1. The smallest absolute Gasteiger partial charge is 0.144 e. The van der Waals surface area contributed by atoms with Gasteiger partial charge in [0.1, 0.15) is 16.5 Å². The average molecular weight is 319 g/mol. The molecule has 1 saturated carbocycles. The highest BCUT2D eigenvalue weighted by Crippen LogP contribution is 2.41. The van der Waals surface area contributed by atoms with E-state index in [4.69, 9.17) is 11.6 Å². The summed E-state index contributed by atoms with van der Waals surface area (Å²) in [7, 11) is 0. The topological polar surface area (TPSA) is 50.7 Å². The molecule has 0 saturated heterocycles. The summed E-state index contributed by atoms with van der Waals surface area (Å²) in [5, 5.41) is 6.30. The zero-order valence-electron chi connectivity index (χ0n) is 11.9. The van der Waals surface area contributed by atoms with Crippen LogP contribution in [-0.2, 0) is 0 Å². The number of nitrogens with zero attached hydrogens (tertiary/aromatic N) is 3. The molecule has 1 fully saturated rings. The molecule has 6 heteroatoms. The van der Waals surface area contributed by atoms with E-state index in [2.05, 4.69) is 20.3 Å². The molecule has 1 N–H and O–H groups in total. The highest BCUT2D eigenvalue weighted by Gasteiger charge is 2.21. The fourth-order valence-corrected chi connectivity index (χ4v) is 4.33. The fraction of sp³-hybridized carbons (Fsp3) is 0.400. The van der Waals surface area contributed by atoms with Gasteiger partial charge < -0.3 is 5.32 Å². The van der Waals surface area contributed by atoms with Gasteiger partial charge in [-0.05, 0) is 33.1 Å². The number of aryl methyl sites for hydroxylation is 2. The molecule has 21 heavy (non-hydrogen) atoms. The molecule has 4 rings (SSSR count). The van der Waals surface area contributed by atoms with Gasteiger partial charge in [-0.1, -0.05) is 11.6 Å². The number of aromatic nitrogens is 3. The molecule has 0 unspecified atom stereocenters. The number of anilines is 1. The molecule has 3 aromatic heterocycles. The molecule has 1 aliphatic carbocycles. The van der Waals surface area contributed by atoms with E-state index in [-0.39, 0.29) is 0 Å². The maximum Gasteiger partial charge on any atom is 0.144 e. The van der Waals surface area contributed by atoms with Crippen molar-refractivity contribution in [3.63, 3.8) is 0 Å². The molecule has 3 heterocycles. The van der Waals surface area contributed by atoms with Crippen LogP contribution in [0.3, 0.4) is 0 Å². The molecule has 0 amide bonds. The number of rotatable bonds is 2. The first-order valence-corrected chi connectivity index (χ1v) is 8.31. The summed E-state index contributed by atoms with van der Waals surface area (Å²) in [5.74, 6) is 1.73. The zero-order valence-corrected chi connectivity index (χ0v) is 13.5. The molecular formula is C15H15ClN4S. The van der Waals surface area contributed by atoms with Gasteiger partial charge in [-0.15, -0.1) is 11.3 Å². The minimum atomic E-state index is 0.543. The Morgan fingerprint density at radius 1 is 1.24 bits per heavy atom. The van der Waals surface area contributed by atoms with Gasteiger partial charge in [-0.3, -0.25) is 0 Å². The predicted octanol–water partition coefficient (Wildman–Crippen LogP) is 4.47. The highest BCUT2D eigenvalue weighted by molar-refractivity contribution is 7.26. The van der Waals surface area contributed by atoms with Crippen molar-refractivity contribution in [2.24, 2.45) is 0 Å². The Bertz CT molecular complexity index is 854. The Morgan fingerprint density at radius 3 is 2.76 bits per heavy atom. The number of nitrogens with one attached hydrogen (secondary N) is 1. The van der Waals surface area contributed by atoms with Crippen molar-refractivity contribution in [3.05, 3.63) is 22.7 Å².